The van der Waals surface area contributed by atoms with Gasteiger partial charge in [-0.25, -0.2) is 4.98 Å². The van der Waals surface area contributed by atoms with Crippen molar-refractivity contribution in [3.8, 4) is 85.5 Å². The van der Waals surface area contributed by atoms with Gasteiger partial charge in [-0.1, -0.05) is 283 Å². The molecule has 0 aliphatic rings. The zero-order valence-electron chi connectivity index (χ0n) is 45.5. The first-order chi connectivity index (χ1) is 41.3. The zero-order chi connectivity index (χ0) is 61.0. The third-order valence-electron chi connectivity index (χ3n) is 12.5. The van der Waals surface area contributed by atoms with Crippen LogP contribution >= 0.6 is 120 Å². The molecule has 0 fully saturated rings. The molecule has 0 aliphatic heterocycles. The number of aromatic nitrogens is 4. The number of nitrogens with zero attached hydrogens (tertiary/aromatic N) is 4. The maximum Gasteiger partial charge on any atom is 0.228 e. The maximum atomic E-state index is 6.21. The summed E-state index contributed by atoms with van der Waals surface area (Å²) in [6, 6.07) is 66.8. The van der Waals surface area contributed by atoms with Crippen molar-refractivity contribution in [1.29, 1.82) is 0 Å². The van der Waals surface area contributed by atoms with Gasteiger partial charge in [0.05, 0.1) is 7.11 Å². The van der Waals surface area contributed by atoms with Gasteiger partial charge in [0.1, 0.15) is 5.75 Å². The van der Waals surface area contributed by atoms with Crippen molar-refractivity contribution in [3.63, 3.8) is 0 Å². The number of benzene rings is 8. The number of alkyl halides is 6. The van der Waals surface area contributed by atoms with Gasteiger partial charge in [-0.05, 0) is 114 Å². The Kier molecular flexibility index (Phi) is 26.3. The minimum atomic E-state index is -1.47. The van der Waals surface area contributed by atoms with Crippen molar-refractivity contribution in [2.24, 2.45) is 0 Å². The summed E-state index contributed by atoms with van der Waals surface area (Å²) in [5.41, 5.74) is 10.7. The molecule has 0 N–H and O–H groups in total. The van der Waals surface area contributed by atoms with E-state index in [2.05, 4.69) is 54.9 Å². The lowest BCUT2D eigenvalue weighted by Gasteiger charge is -2.10. The van der Waals surface area contributed by atoms with Crippen molar-refractivity contribution in [1.82, 2.24) is 19.9 Å². The Balaban J connectivity index is 0.000000188. The minimum Gasteiger partial charge on any atom is -0.497 e. The third-order valence-corrected chi connectivity index (χ3v) is 15.2. The SMILES string of the molecule is C.C.C.COc1ccc(-c2oc(-c3ccc(C(Cl)(Cl)Cl)cc3)nc2Cl)cc1.Cc1ccc(-c2nc(Br)c(-c3ccccc3)o2)cc1.Cc1ccc(-c2nc(Cl)c(C=Cc3ccccc3)o2)cc1.Clc1nc(-c2ccc(C(Cl)(Cl)Cl)cc2)oc1-c1ccccc1. The fraction of sp³-hybridized carbons (Fsp3) is 0.114. The number of hydrogen-bond donors (Lipinski definition) is 0. The highest BCUT2D eigenvalue weighted by Crippen LogP contribution is 2.42. The Hall–Kier alpha value is -6.77. The van der Waals surface area contributed by atoms with Gasteiger partial charge < -0.3 is 22.4 Å². The van der Waals surface area contributed by atoms with Crippen molar-refractivity contribution in [3.05, 3.63) is 266 Å². The van der Waals surface area contributed by atoms with Gasteiger partial charge in [0.15, 0.2) is 43.1 Å². The molecule has 9 nitrogen and oxygen atoms in total. The Morgan fingerprint density at radius 3 is 1.10 bits per heavy atom. The van der Waals surface area contributed by atoms with Crippen LogP contribution in [0.2, 0.25) is 15.5 Å². The predicted molar refractivity (Wildman–Crippen MR) is 377 cm³/mol. The molecular formula is C70H58BrCl9N4O5. The van der Waals surface area contributed by atoms with Crippen LogP contribution in [-0.4, -0.2) is 27.0 Å². The van der Waals surface area contributed by atoms with Crippen molar-refractivity contribution >= 4 is 132 Å². The zero-order valence-corrected chi connectivity index (χ0v) is 53.9. The van der Waals surface area contributed by atoms with Crippen LogP contribution in [0, 0.1) is 13.8 Å². The van der Waals surface area contributed by atoms with Crippen LogP contribution < -0.4 is 4.74 Å². The molecule has 4 aromatic heterocycles. The van der Waals surface area contributed by atoms with Gasteiger partial charge in [0.25, 0.3) is 0 Å². The highest BCUT2D eigenvalue weighted by atomic mass is 79.9. The average Bonchev–Trinajstić information content (AvgIpc) is 3.36. The summed E-state index contributed by atoms with van der Waals surface area (Å²) >= 11 is 57.0. The predicted octanol–water partition coefficient (Wildman–Crippen LogP) is 25.4. The van der Waals surface area contributed by atoms with Gasteiger partial charge in [0.2, 0.25) is 31.1 Å². The molecule has 0 saturated heterocycles. The summed E-state index contributed by atoms with van der Waals surface area (Å²) in [5, 5.41) is 0.963. The van der Waals surface area contributed by atoms with Gasteiger partial charge in [0, 0.05) is 50.1 Å². The van der Waals surface area contributed by atoms with Gasteiger partial charge in [-0.15, -0.1) is 0 Å². The second-order valence-electron chi connectivity index (χ2n) is 18.7. The molecule has 12 rings (SSSR count). The summed E-state index contributed by atoms with van der Waals surface area (Å²) in [7, 11) is 1.61. The monoisotopic (exact) mass is 1430 g/mol. The molecule has 89 heavy (non-hydrogen) atoms. The van der Waals surface area contributed by atoms with Gasteiger partial charge >= 0.3 is 0 Å². The summed E-state index contributed by atoms with van der Waals surface area (Å²) in [4.78, 5) is 17.2. The van der Waals surface area contributed by atoms with E-state index in [4.69, 9.17) is 127 Å². The van der Waals surface area contributed by atoms with Crippen LogP contribution in [0.25, 0.3) is 91.9 Å². The van der Waals surface area contributed by atoms with Crippen LogP contribution in [-0.2, 0) is 7.59 Å². The Morgan fingerprint density at radius 2 is 0.697 bits per heavy atom. The van der Waals surface area contributed by atoms with Crippen LogP contribution in [0.1, 0.15) is 55.9 Å². The molecule has 19 heteroatoms. The summed E-state index contributed by atoms with van der Waals surface area (Å²) in [6.07, 6.45) is 3.79. The molecular weight excluding hydrogens is 1380 g/mol. The molecule has 458 valence electrons. The highest BCUT2D eigenvalue weighted by Gasteiger charge is 2.25. The average molecular weight is 1430 g/mol. The van der Waals surface area contributed by atoms with E-state index in [0.717, 1.165) is 60.6 Å². The second-order valence-corrected chi connectivity index (χ2v) is 25.1. The topological polar surface area (TPSA) is 113 Å². The largest absolute Gasteiger partial charge is 0.497 e. The quantitative estimate of drug-likeness (QED) is 0.124. The standard InChI is InChI=1S/C18H14ClNO.C17H11Cl4NO2.C16H12BrNO.C16H9Cl4NO.3CH4/c1-13-7-10-15(11-8-13)18-20-17(19)16(21-18)12-9-14-5-3-2-4-6-14;1-23-13-8-4-10(5-9-13)14-15(18)22-16(24-14)11-2-6-12(7-3-11)17(19,20)21;1-11-7-9-13(10-8-11)16-18-15(17)14(19-16)12-5-3-2-4-6-12;17-14-13(10-4-2-1-3-5-10)22-15(21-14)11-6-8-12(9-7-11)16(18,19)20;;;/h2-12H,1H3;2-9H,1H3;2-10H,1H3;1-9H;3*1H4. The molecule has 12 aromatic rings. The Bertz CT molecular complexity index is 4150. The molecule has 0 amide bonds. The van der Waals surface area contributed by atoms with Crippen LogP contribution in [0.5, 0.6) is 5.75 Å². The first kappa shape index (κ1) is 71.3. The maximum absolute atomic E-state index is 6.21. The molecule has 0 aliphatic carbocycles. The van der Waals surface area contributed by atoms with Gasteiger partial charge in [-0.3, -0.25) is 0 Å². The summed E-state index contributed by atoms with van der Waals surface area (Å²) < 4.78 is 26.1. The molecule has 0 spiro atoms. The van der Waals surface area contributed by atoms with E-state index in [-0.39, 0.29) is 27.4 Å². The van der Waals surface area contributed by atoms with E-state index in [1.54, 1.807) is 55.6 Å². The third kappa shape index (κ3) is 19.4. The molecule has 8 aromatic carbocycles. The first-order valence-electron chi connectivity index (χ1n) is 25.9. The lowest BCUT2D eigenvalue weighted by Crippen LogP contribution is -1.98. The summed E-state index contributed by atoms with van der Waals surface area (Å²) in [6.45, 7) is 4.10. The fourth-order valence-electron chi connectivity index (χ4n) is 8.00. The number of oxazole rings is 4. The van der Waals surface area contributed by atoms with Crippen molar-refractivity contribution in [2.75, 3.05) is 7.11 Å². The van der Waals surface area contributed by atoms with Crippen molar-refractivity contribution in [2.45, 2.75) is 43.7 Å². The molecule has 0 atom stereocenters. The molecule has 0 saturated carbocycles. The van der Waals surface area contributed by atoms with Crippen LogP contribution in [0.4, 0.5) is 0 Å². The number of methoxy groups -OCH3 is 1. The lowest BCUT2D eigenvalue weighted by molar-refractivity contribution is 0.415. The number of halogens is 10. The molecule has 4 heterocycles. The van der Waals surface area contributed by atoms with Crippen LogP contribution in [0.15, 0.2) is 235 Å². The molecule has 0 bridgehead atoms. The van der Waals surface area contributed by atoms with Crippen LogP contribution in [0.3, 0.4) is 0 Å². The molecule has 0 unspecified atom stereocenters. The van der Waals surface area contributed by atoms with Gasteiger partial charge in [-0.2, -0.15) is 15.0 Å². The smallest absolute Gasteiger partial charge is 0.228 e. The number of ether oxygens (including phenoxy) is 1. The summed E-state index contributed by atoms with van der Waals surface area (Å²) in [5.74, 6) is 5.06. The molecule has 0 radical (unpaired) electrons. The van der Waals surface area contributed by atoms with E-state index >= 15 is 0 Å². The van der Waals surface area contributed by atoms with E-state index in [1.165, 1.54) is 11.1 Å². The highest BCUT2D eigenvalue weighted by molar-refractivity contribution is 9.10. The minimum absolute atomic E-state index is 0. The number of aryl methyl sites for hydroxylation is 2. The normalized spacial score (nSPS) is 10.9. The number of hydrogen-bond acceptors (Lipinski definition) is 9. The number of rotatable bonds is 10. The van der Waals surface area contributed by atoms with E-state index in [9.17, 15) is 0 Å². The Morgan fingerprint density at radius 1 is 0.371 bits per heavy atom. The Labute approximate surface area is 572 Å². The second kappa shape index (κ2) is 32.8. The van der Waals surface area contributed by atoms with E-state index in [0.29, 0.717) is 62.3 Å². The lowest BCUT2D eigenvalue weighted by atomic mass is 10.1. The first-order valence-corrected chi connectivity index (χ1v) is 30.1. The van der Waals surface area contributed by atoms with E-state index < -0.39 is 7.59 Å². The van der Waals surface area contributed by atoms with E-state index in [1.807, 2.05) is 171 Å². The fourth-order valence-corrected chi connectivity index (χ4v) is 9.86. The van der Waals surface area contributed by atoms with Crippen molar-refractivity contribution < 1.29 is 22.4 Å².